The van der Waals surface area contributed by atoms with Crippen molar-refractivity contribution in [3.8, 4) is 0 Å². The number of aromatic carboxylic acids is 1. The van der Waals surface area contributed by atoms with Crippen LogP contribution in [0.1, 0.15) is 42.6 Å². The van der Waals surface area contributed by atoms with E-state index in [9.17, 15) is 13.2 Å². The summed E-state index contributed by atoms with van der Waals surface area (Å²) in [5, 5.41) is 8.38. The van der Waals surface area contributed by atoms with Crippen LogP contribution in [0.3, 0.4) is 0 Å². The second-order valence-electron chi connectivity index (χ2n) is 4.74. The molecular formula is C12H18O5S. The van der Waals surface area contributed by atoms with Gasteiger partial charge in [-0.3, -0.25) is 0 Å². The molecule has 0 saturated heterocycles. The zero-order valence-electron chi connectivity index (χ0n) is 10.9. The number of furan rings is 1. The fourth-order valence-electron chi connectivity index (χ4n) is 1.57. The van der Waals surface area contributed by atoms with Gasteiger partial charge in [-0.15, -0.1) is 0 Å². The van der Waals surface area contributed by atoms with Gasteiger partial charge in [-0.05, 0) is 25.8 Å². The van der Waals surface area contributed by atoms with Crippen molar-refractivity contribution in [3.05, 3.63) is 23.2 Å². The summed E-state index contributed by atoms with van der Waals surface area (Å²) in [5.74, 6) is -0.968. The first-order valence-electron chi connectivity index (χ1n) is 5.69. The molecule has 6 heteroatoms. The average Bonchev–Trinajstić information content (AvgIpc) is 2.57. The van der Waals surface area contributed by atoms with E-state index in [-0.39, 0.29) is 28.8 Å². The van der Waals surface area contributed by atoms with Crippen LogP contribution in [0.5, 0.6) is 0 Å². The van der Waals surface area contributed by atoms with Gasteiger partial charge in [0.05, 0.1) is 5.25 Å². The summed E-state index contributed by atoms with van der Waals surface area (Å²) < 4.78 is 29.2. The van der Waals surface area contributed by atoms with Crippen LogP contribution in [0.2, 0.25) is 0 Å². The molecule has 0 aliphatic heterocycles. The number of carboxylic acid groups (broad SMARTS) is 1. The lowest BCUT2D eigenvalue weighted by molar-refractivity contribution is 0.0695. The Bertz CT molecular complexity index is 539. The maximum atomic E-state index is 12.0. The third kappa shape index (κ3) is 3.13. The van der Waals surface area contributed by atoms with Crippen molar-refractivity contribution >= 4 is 15.8 Å². The van der Waals surface area contributed by atoms with Crippen molar-refractivity contribution in [2.24, 2.45) is 5.92 Å². The smallest absolute Gasteiger partial charge is 0.339 e. The minimum atomic E-state index is -3.33. The number of carboxylic acids is 1. The van der Waals surface area contributed by atoms with Crippen LogP contribution in [0.4, 0.5) is 0 Å². The van der Waals surface area contributed by atoms with Crippen molar-refractivity contribution in [3.63, 3.8) is 0 Å². The van der Waals surface area contributed by atoms with Gasteiger partial charge in [0.25, 0.3) is 0 Å². The molecule has 1 atom stereocenters. The minimum absolute atomic E-state index is 0.00463. The summed E-state index contributed by atoms with van der Waals surface area (Å²) >= 11 is 0. The van der Waals surface area contributed by atoms with Crippen molar-refractivity contribution in [2.75, 3.05) is 0 Å². The van der Waals surface area contributed by atoms with E-state index in [2.05, 4.69) is 0 Å². The molecule has 1 heterocycles. The van der Waals surface area contributed by atoms with Gasteiger partial charge in [0.2, 0.25) is 0 Å². The Hall–Kier alpha value is -1.30. The van der Waals surface area contributed by atoms with Crippen molar-refractivity contribution in [2.45, 2.75) is 38.7 Å². The zero-order valence-corrected chi connectivity index (χ0v) is 11.7. The van der Waals surface area contributed by atoms with E-state index in [1.807, 2.05) is 13.8 Å². The lowest BCUT2D eigenvalue weighted by Crippen LogP contribution is -2.24. The van der Waals surface area contributed by atoms with Crippen LogP contribution in [-0.2, 0) is 15.6 Å². The minimum Gasteiger partial charge on any atom is -0.478 e. The van der Waals surface area contributed by atoms with Gasteiger partial charge in [0.1, 0.15) is 22.8 Å². The second kappa shape index (κ2) is 5.14. The zero-order chi connectivity index (χ0) is 14.1. The third-order valence-corrected chi connectivity index (χ3v) is 5.41. The number of rotatable bonds is 5. The van der Waals surface area contributed by atoms with Crippen LogP contribution >= 0.6 is 0 Å². The Morgan fingerprint density at radius 3 is 2.33 bits per heavy atom. The first-order valence-corrected chi connectivity index (χ1v) is 7.41. The van der Waals surface area contributed by atoms with Crippen molar-refractivity contribution < 1.29 is 22.7 Å². The molecule has 0 amide bonds. The van der Waals surface area contributed by atoms with Gasteiger partial charge in [-0.1, -0.05) is 13.8 Å². The Morgan fingerprint density at radius 2 is 1.94 bits per heavy atom. The van der Waals surface area contributed by atoms with Gasteiger partial charge in [0.15, 0.2) is 9.84 Å². The number of sulfone groups is 1. The largest absolute Gasteiger partial charge is 0.478 e. The highest BCUT2D eigenvalue weighted by Crippen LogP contribution is 2.21. The Morgan fingerprint density at radius 1 is 1.39 bits per heavy atom. The predicted molar refractivity (Wildman–Crippen MR) is 67.3 cm³/mol. The molecular weight excluding hydrogens is 256 g/mol. The molecule has 1 rings (SSSR count). The van der Waals surface area contributed by atoms with Crippen LogP contribution < -0.4 is 0 Å². The quantitative estimate of drug-likeness (QED) is 0.890. The maximum Gasteiger partial charge on any atom is 0.339 e. The molecule has 0 aromatic carbocycles. The summed E-state index contributed by atoms with van der Waals surface area (Å²) in [6.07, 6.45) is 0. The molecule has 0 spiro atoms. The fraction of sp³-hybridized carbons (Fsp3) is 0.583. The molecule has 1 unspecified atom stereocenters. The van der Waals surface area contributed by atoms with E-state index in [0.29, 0.717) is 0 Å². The maximum absolute atomic E-state index is 12.0. The summed E-state index contributed by atoms with van der Waals surface area (Å²) in [6, 6.07) is 1.28. The topological polar surface area (TPSA) is 84.6 Å². The van der Waals surface area contributed by atoms with Crippen LogP contribution in [0.25, 0.3) is 0 Å². The number of hydrogen-bond donors (Lipinski definition) is 1. The molecule has 0 bridgehead atoms. The molecule has 5 nitrogen and oxygen atoms in total. The van der Waals surface area contributed by atoms with Crippen molar-refractivity contribution in [1.82, 2.24) is 0 Å². The van der Waals surface area contributed by atoms with E-state index < -0.39 is 21.1 Å². The molecule has 18 heavy (non-hydrogen) atoms. The SMILES string of the molecule is Cc1oc(CS(=O)(=O)C(C)C(C)C)cc1C(=O)O. The van der Waals surface area contributed by atoms with Gasteiger partial charge in [0, 0.05) is 0 Å². The predicted octanol–water partition coefficient (Wildman–Crippen LogP) is 2.25. The monoisotopic (exact) mass is 274 g/mol. The average molecular weight is 274 g/mol. The Kier molecular flexibility index (Phi) is 4.21. The van der Waals surface area contributed by atoms with E-state index in [0.717, 1.165) is 0 Å². The summed E-state index contributed by atoms with van der Waals surface area (Å²) in [6.45, 7) is 6.82. The molecule has 0 aliphatic rings. The van der Waals surface area contributed by atoms with Crippen LogP contribution in [-0.4, -0.2) is 24.7 Å². The van der Waals surface area contributed by atoms with Gasteiger partial charge in [-0.2, -0.15) is 0 Å². The molecule has 0 aliphatic carbocycles. The van der Waals surface area contributed by atoms with Crippen LogP contribution in [0, 0.1) is 12.8 Å². The first-order chi connectivity index (χ1) is 8.15. The Labute approximate surface area is 107 Å². The number of aryl methyl sites for hydroxylation is 1. The molecule has 1 N–H and O–H groups in total. The summed E-state index contributed by atoms with van der Waals surface area (Å²) in [7, 11) is -3.33. The molecule has 0 saturated carbocycles. The molecule has 0 radical (unpaired) electrons. The normalized spacial score (nSPS) is 13.8. The number of carbonyl (C=O) groups is 1. The van der Waals surface area contributed by atoms with Crippen molar-refractivity contribution in [1.29, 1.82) is 0 Å². The highest BCUT2D eigenvalue weighted by atomic mass is 32.2. The first kappa shape index (κ1) is 14.8. The molecule has 0 fully saturated rings. The molecule has 1 aromatic heterocycles. The van der Waals surface area contributed by atoms with E-state index >= 15 is 0 Å². The van der Waals surface area contributed by atoms with Gasteiger partial charge < -0.3 is 9.52 Å². The van der Waals surface area contributed by atoms with Gasteiger partial charge in [-0.25, -0.2) is 13.2 Å². The highest BCUT2D eigenvalue weighted by molar-refractivity contribution is 7.91. The standard InChI is InChI=1S/C12H18O5S/c1-7(2)9(4)18(15,16)6-10-5-11(12(13)14)8(3)17-10/h5,7,9H,6H2,1-4H3,(H,13,14). The Balaban J connectivity index is 2.99. The van der Waals surface area contributed by atoms with E-state index in [1.165, 1.54) is 13.0 Å². The lowest BCUT2D eigenvalue weighted by Gasteiger charge is -2.15. The second-order valence-corrected chi connectivity index (χ2v) is 7.10. The summed E-state index contributed by atoms with van der Waals surface area (Å²) in [5.41, 5.74) is 0.0115. The van der Waals surface area contributed by atoms with Gasteiger partial charge >= 0.3 is 5.97 Å². The van der Waals surface area contributed by atoms with Crippen LogP contribution in [0.15, 0.2) is 10.5 Å². The van der Waals surface area contributed by atoms with E-state index in [4.69, 9.17) is 9.52 Å². The highest BCUT2D eigenvalue weighted by Gasteiger charge is 2.26. The fourth-order valence-corrected chi connectivity index (χ4v) is 3.20. The molecule has 102 valence electrons. The van der Waals surface area contributed by atoms with E-state index in [1.54, 1.807) is 6.92 Å². The number of hydrogen-bond acceptors (Lipinski definition) is 4. The summed E-state index contributed by atoms with van der Waals surface area (Å²) in [4.78, 5) is 10.8. The third-order valence-electron chi connectivity index (χ3n) is 3.05. The molecule has 1 aromatic rings. The lowest BCUT2D eigenvalue weighted by atomic mass is 10.2.